The average Bonchev–Trinajstić information content (AvgIpc) is 3.12. The van der Waals surface area contributed by atoms with Crippen LogP contribution in [0.25, 0.3) is 0 Å². The van der Waals surface area contributed by atoms with E-state index in [0.717, 1.165) is 31.0 Å². The number of hydrogen-bond donors (Lipinski definition) is 0. The zero-order valence-electron chi connectivity index (χ0n) is 13.5. The van der Waals surface area contributed by atoms with E-state index in [-0.39, 0.29) is 22.9 Å². The van der Waals surface area contributed by atoms with Crippen molar-refractivity contribution in [3.63, 3.8) is 0 Å². The van der Waals surface area contributed by atoms with Crippen LogP contribution < -0.4 is 0 Å². The van der Waals surface area contributed by atoms with Crippen LogP contribution in [0.1, 0.15) is 49.3 Å². The maximum atomic E-state index is 13.0. The van der Waals surface area contributed by atoms with Crippen LogP contribution in [0.3, 0.4) is 0 Å². The number of carbonyl (C=O) groups excluding carboxylic acids is 1. The van der Waals surface area contributed by atoms with Crippen LogP contribution in [0.5, 0.6) is 0 Å². The summed E-state index contributed by atoms with van der Waals surface area (Å²) in [6.45, 7) is 0. The second-order valence-electron chi connectivity index (χ2n) is 6.32. The molecule has 0 radical (unpaired) electrons. The maximum Gasteiger partial charge on any atom is 0.416 e. The summed E-state index contributed by atoms with van der Waals surface area (Å²) >= 11 is 0. The number of fused-ring (bicyclic) bond motifs is 1. The molecule has 0 saturated heterocycles. The van der Waals surface area contributed by atoms with Crippen LogP contribution >= 0.6 is 0 Å². The van der Waals surface area contributed by atoms with Crippen molar-refractivity contribution in [2.45, 2.75) is 55.3 Å². The summed E-state index contributed by atoms with van der Waals surface area (Å²) in [4.78, 5) is 11.6. The summed E-state index contributed by atoms with van der Waals surface area (Å²) in [6.07, 6.45) is -1.92. The monoisotopic (exact) mass is 377 g/mol. The summed E-state index contributed by atoms with van der Waals surface area (Å²) in [6, 6.07) is 1.34. The van der Waals surface area contributed by atoms with Crippen molar-refractivity contribution in [1.29, 1.82) is 0 Å². The molecule has 3 rings (SSSR count). The number of alkyl halides is 3. The van der Waals surface area contributed by atoms with Crippen LogP contribution in [-0.2, 0) is 25.7 Å². The number of esters is 1. The number of ether oxygens (including phenoxy) is 1. The highest BCUT2D eigenvalue weighted by atomic mass is 32.2. The molecule has 0 spiro atoms. The number of rotatable bonds is 3. The minimum atomic E-state index is -4.59. The summed E-state index contributed by atoms with van der Waals surface area (Å²) in [7, 11) is -2.77. The molecule has 1 aromatic rings. The third-order valence-corrected chi connectivity index (χ3v) is 6.87. The first-order valence-corrected chi connectivity index (χ1v) is 9.41. The number of carbonyl (C=O) groups is 1. The van der Waals surface area contributed by atoms with Gasteiger partial charge in [0.1, 0.15) is 0 Å². The van der Waals surface area contributed by atoms with Gasteiger partial charge in [-0.05, 0) is 36.6 Å². The molecule has 1 atom stereocenters. The number of sulfonamides is 1. The summed E-state index contributed by atoms with van der Waals surface area (Å²) in [5.41, 5.74) is -0.906. The standard InChI is InChI=1S/C16H18F3NO4S/c1-24-15(21)9-13-12-8-10(16(17,18)19)6-7-14(12)25(22,23)20(13)11-4-2-3-5-11/h6-8,11,13H,2-5,9H2,1H3/t13-/m0/s1. The molecule has 0 N–H and O–H groups in total. The normalized spacial score (nSPS) is 23.6. The van der Waals surface area contributed by atoms with Gasteiger partial charge in [0.25, 0.3) is 0 Å². The van der Waals surface area contributed by atoms with E-state index >= 15 is 0 Å². The van der Waals surface area contributed by atoms with Gasteiger partial charge in [-0.2, -0.15) is 17.5 Å². The van der Waals surface area contributed by atoms with Crippen molar-refractivity contribution >= 4 is 16.0 Å². The lowest BCUT2D eigenvalue weighted by Gasteiger charge is -2.28. The van der Waals surface area contributed by atoms with Crippen molar-refractivity contribution in [3.8, 4) is 0 Å². The van der Waals surface area contributed by atoms with E-state index in [1.54, 1.807) is 0 Å². The minimum Gasteiger partial charge on any atom is -0.469 e. The molecule has 5 nitrogen and oxygen atoms in total. The fourth-order valence-electron chi connectivity index (χ4n) is 3.69. The van der Waals surface area contributed by atoms with Crippen molar-refractivity contribution < 1.29 is 31.1 Å². The molecule has 1 aliphatic carbocycles. The van der Waals surface area contributed by atoms with E-state index in [1.807, 2.05) is 0 Å². The van der Waals surface area contributed by atoms with E-state index in [9.17, 15) is 26.4 Å². The Hall–Kier alpha value is -1.61. The molecule has 138 valence electrons. The number of methoxy groups -OCH3 is 1. The Morgan fingerprint density at radius 1 is 1.28 bits per heavy atom. The molecule has 1 aromatic carbocycles. The average molecular weight is 377 g/mol. The van der Waals surface area contributed by atoms with Gasteiger partial charge in [-0.1, -0.05) is 12.8 Å². The van der Waals surface area contributed by atoms with E-state index in [1.165, 1.54) is 11.4 Å². The van der Waals surface area contributed by atoms with Crippen molar-refractivity contribution in [1.82, 2.24) is 4.31 Å². The zero-order valence-corrected chi connectivity index (χ0v) is 14.4. The van der Waals surface area contributed by atoms with Gasteiger partial charge in [-0.3, -0.25) is 4.79 Å². The van der Waals surface area contributed by atoms with Crippen LogP contribution in [0, 0.1) is 0 Å². The summed E-state index contributed by atoms with van der Waals surface area (Å²) in [5.74, 6) is -0.659. The molecular weight excluding hydrogens is 359 g/mol. The first-order valence-electron chi connectivity index (χ1n) is 7.97. The van der Waals surface area contributed by atoms with Gasteiger partial charge in [0.2, 0.25) is 10.0 Å². The lowest BCUT2D eigenvalue weighted by atomic mass is 9.99. The second-order valence-corrected chi connectivity index (χ2v) is 8.13. The van der Waals surface area contributed by atoms with E-state index in [4.69, 9.17) is 0 Å². The van der Waals surface area contributed by atoms with Crippen LogP contribution in [0.4, 0.5) is 13.2 Å². The molecule has 1 aliphatic heterocycles. The molecule has 25 heavy (non-hydrogen) atoms. The predicted molar refractivity (Wildman–Crippen MR) is 82.1 cm³/mol. The molecule has 0 amide bonds. The largest absolute Gasteiger partial charge is 0.469 e. The van der Waals surface area contributed by atoms with E-state index in [0.29, 0.717) is 12.8 Å². The van der Waals surface area contributed by atoms with Gasteiger partial charge < -0.3 is 4.74 Å². The van der Waals surface area contributed by atoms with Crippen molar-refractivity contribution in [2.75, 3.05) is 7.11 Å². The lowest BCUT2D eigenvalue weighted by molar-refractivity contribution is -0.141. The number of halogens is 3. The Labute approximate surface area is 143 Å². The highest BCUT2D eigenvalue weighted by Crippen LogP contribution is 2.47. The number of hydrogen-bond acceptors (Lipinski definition) is 4. The Morgan fingerprint density at radius 2 is 1.92 bits per heavy atom. The molecule has 1 fully saturated rings. The molecule has 0 unspecified atom stereocenters. The lowest BCUT2D eigenvalue weighted by Crippen LogP contribution is -2.37. The maximum absolute atomic E-state index is 13.0. The first kappa shape index (κ1) is 18.2. The predicted octanol–water partition coefficient (Wildman–Crippen LogP) is 3.26. The third kappa shape index (κ3) is 3.15. The fourth-order valence-corrected chi connectivity index (χ4v) is 5.78. The highest BCUT2D eigenvalue weighted by Gasteiger charge is 2.48. The Balaban J connectivity index is 2.12. The summed E-state index contributed by atoms with van der Waals surface area (Å²) in [5, 5.41) is 0. The molecule has 9 heteroatoms. The third-order valence-electron chi connectivity index (χ3n) is 4.83. The van der Waals surface area contributed by atoms with Gasteiger partial charge in [0.05, 0.1) is 30.0 Å². The molecule has 1 saturated carbocycles. The van der Waals surface area contributed by atoms with Crippen molar-refractivity contribution in [3.05, 3.63) is 29.3 Å². The van der Waals surface area contributed by atoms with Crippen LogP contribution in [0.2, 0.25) is 0 Å². The van der Waals surface area contributed by atoms with Gasteiger partial charge in [0.15, 0.2) is 0 Å². The molecular formula is C16H18F3NO4S. The quantitative estimate of drug-likeness (QED) is 0.759. The number of nitrogens with zero attached hydrogens (tertiary/aromatic N) is 1. The topological polar surface area (TPSA) is 63.7 Å². The fraction of sp³-hybridized carbons (Fsp3) is 0.562. The SMILES string of the molecule is COC(=O)C[C@H]1c2cc(C(F)(F)F)ccc2S(=O)(=O)N1C1CCCC1. The molecule has 2 aliphatic rings. The van der Waals surface area contributed by atoms with Gasteiger partial charge in [-0.15, -0.1) is 0 Å². The van der Waals surface area contributed by atoms with Gasteiger partial charge in [-0.25, -0.2) is 8.42 Å². The van der Waals surface area contributed by atoms with E-state index in [2.05, 4.69) is 4.74 Å². The first-order chi connectivity index (χ1) is 11.7. The Kier molecular flexibility index (Phi) is 4.57. The smallest absolute Gasteiger partial charge is 0.416 e. The molecule has 0 bridgehead atoms. The second kappa shape index (κ2) is 6.28. The van der Waals surface area contributed by atoms with Gasteiger partial charge in [0, 0.05) is 6.04 Å². The van der Waals surface area contributed by atoms with Gasteiger partial charge >= 0.3 is 12.1 Å². The number of benzene rings is 1. The van der Waals surface area contributed by atoms with E-state index < -0.39 is 33.8 Å². The highest BCUT2D eigenvalue weighted by molar-refractivity contribution is 7.89. The van der Waals surface area contributed by atoms with Crippen LogP contribution in [-0.4, -0.2) is 31.8 Å². The molecule has 1 heterocycles. The van der Waals surface area contributed by atoms with Crippen molar-refractivity contribution in [2.24, 2.45) is 0 Å². The Bertz CT molecular complexity index is 785. The molecule has 0 aromatic heterocycles. The van der Waals surface area contributed by atoms with Crippen LogP contribution in [0.15, 0.2) is 23.1 Å². The zero-order chi connectivity index (χ0) is 18.4. The minimum absolute atomic E-state index is 0.0205. The summed E-state index contributed by atoms with van der Waals surface area (Å²) < 4.78 is 70.8. The Morgan fingerprint density at radius 3 is 2.48 bits per heavy atom.